The molecule has 1 aromatic heterocycles. The molecule has 1 aromatic rings. The van der Waals surface area contributed by atoms with Crippen LogP contribution in [0.2, 0.25) is 0 Å². The monoisotopic (exact) mass is 336 g/mol. The highest BCUT2D eigenvalue weighted by Gasteiger charge is 2.33. The molecule has 4 nitrogen and oxygen atoms in total. The van der Waals surface area contributed by atoms with Gasteiger partial charge in [0.05, 0.1) is 5.56 Å². The number of anilines is 1. The Hall–Kier alpha value is -1.36. The third-order valence-electron chi connectivity index (χ3n) is 4.58. The summed E-state index contributed by atoms with van der Waals surface area (Å²) in [5.74, 6) is 0.394. The number of hydrogen-bond donors (Lipinski definition) is 2. The normalized spacial score (nSPS) is 17.9. The summed E-state index contributed by atoms with van der Waals surface area (Å²) in [4.78, 5) is 25.2. The largest absolute Gasteiger partial charge is 0.365 e. The van der Waals surface area contributed by atoms with Gasteiger partial charge in [0.1, 0.15) is 5.00 Å². The standard InChI is InChI=1S/C18H28N2O2S/c1-10(2)8-14(21)20-17-15(16(19)22)12-7-6-11(18(3,4)5)9-13(12)23-17/h10-11H,6-9H2,1-5H3,(H2,19,22)(H,20,21). The van der Waals surface area contributed by atoms with Gasteiger partial charge >= 0.3 is 0 Å². The van der Waals surface area contributed by atoms with E-state index in [2.05, 4.69) is 26.1 Å². The molecule has 128 valence electrons. The van der Waals surface area contributed by atoms with E-state index in [-0.39, 0.29) is 17.2 Å². The van der Waals surface area contributed by atoms with Crippen molar-refractivity contribution in [1.82, 2.24) is 0 Å². The summed E-state index contributed by atoms with van der Waals surface area (Å²) in [7, 11) is 0. The van der Waals surface area contributed by atoms with Crippen molar-refractivity contribution in [3.8, 4) is 0 Å². The summed E-state index contributed by atoms with van der Waals surface area (Å²) in [6.07, 6.45) is 3.34. The Bertz CT molecular complexity index is 611. The molecule has 2 amide bonds. The van der Waals surface area contributed by atoms with Crippen molar-refractivity contribution in [2.24, 2.45) is 23.0 Å². The lowest BCUT2D eigenvalue weighted by Gasteiger charge is -2.33. The van der Waals surface area contributed by atoms with Gasteiger partial charge in [0.15, 0.2) is 0 Å². The van der Waals surface area contributed by atoms with E-state index in [0.717, 1.165) is 24.8 Å². The van der Waals surface area contributed by atoms with Crippen molar-refractivity contribution in [1.29, 1.82) is 0 Å². The molecule has 1 aliphatic rings. The number of nitrogens with two attached hydrogens (primary N) is 1. The van der Waals surface area contributed by atoms with Gasteiger partial charge in [0.25, 0.3) is 5.91 Å². The molecule has 5 heteroatoms. The second-order valence-electron chi connectivity index (χ2n) is 8.02. The summed E-state index contributed by atoms with van der Waals surface area (Å²) >= 11 is 1.53. The average molecular weight is 337 g/mol. The lowest BCUT2D eigenvalue weighted by molar-refractivity contribution is -0.116. The molecular formula is C18H28N2O2S. The maximum Gasteiger partial charge on any atom is 0.251 e. The van der Waals surface area contributed by atoms with Crippen LogP contribution < -0.4 is 11.1 Å². The Morgan fingerprint density at radius 3 is 2.52 bits per heavy atom. The molecule has 0 radical (unpaired) electrons. The third kappa shape index (κ3) is 4.14. The van der Waals surface area contributed by atoms with Crippen LogP contribution in [0.3, 0.4) is 0 Å². The van der Waals surface area contributed by atoms with Crippen molar-refractivity contribution >= 4 is 28.2 Å². The minimum atomic E-state index is -0.434. The van der Waals surface area contributed by atoms with Gasteiger partial charge in [-0.05, 0) is 42.1 Å². The number of nitrogens with one attached hydrogen (secondary N) is 1. The fraction of sp³-hybridized carbons (Fsp3) is 0.667. The van der Waals surface area contributed by atoms with E-state index in [9.17, 15) is 9.59 Å². The predicted molar refractivity (Wildman–Crippen MR) is 95.9 cm³/mol. The Labute approximate surface area is 142 Å². The zero-order valence-corrected chi connectivity index (χ0v) is 15.6. The second kappa shape index (κ2) is 6.63. The molecule has 23 heavy (non-hydrogen) atoms. The maximum atomic E-state index is 12.1. The van der Waals surface area contributed by atoms with Crippen LogP contribution in [-0.4, -0.2) is 11.8 Å². The molecule has 1 atom stereocenters. The van der Waals surface area contributed by atoms with Gasteiger partial charge in [0.2, 0.25) is 5.91 Å². The van der Waals surface area contributed by atoms with Crippen LogP contribution in [0.15, 0.2) is 0 Å². The van der Waals surface area contributed by atoms with Crippen molar-refractivity contribution in [3.05, 3.63) is 16.0 Å². The summed E-state index contributed by atoms with van der Waals surface area (Å²) in [6.45, 7) is 10.8. The van der Waals surface area contributed by atoms with Crippen molar-refractivity contribution < 1.29 is 9.59 Å². The Morgan fingerprint density at radius 1 is 1.35 bits per heavy atom. The smallest absolute Gasteiger partial charge is 0.251 e. The summed E-state index contributed by atoms with van der Waals surface area (Å²) in [5, 5.41) is 3.55. The number of carbonyl (C=O) groups excluding carboxylic acids is 2. The molecule has 0 spiro atoms. The summed E-state index contributed by atoms with van der Waals surface area (Å²) in [6, 6.07) is 0. The first-order valence-electron chi connectivity index (χ1n) is 8.33. The van der Waals surface area contributed by atoms with E-state index in [1.165, 1.54) is 16.2 Å². The van der Waals surface area contributed by atoms with E-state index in [0.29, 0.717) is 22.9 Å². The Balaban J connectivity index is 2.30. The molecular weight excluding hydrogens is 308 g/mol. The molecule has 3 N–H and O–H groups in total. The maximum absolute atomic E-state index is 12.1. The summed E-state index contributed by atoms with van der Waals surface area (Å²) in [5.41, 5.74) is 7.44. The molecule has 0 saturated heterocycles. The molecule has 0 aromatic carbocycles. The van der Waals surface area contributed by atoms with Gasteiger partial charge < -0.3 is 11.1 Å². The highest BCUT2D eigenvalue weighted by Crippen LogP contribution is 2.44. The minimum Gasteiger partial charge on any atom is -0.365 e. The number of amides is 2. The molecule has 0 bridgehead atoms. The van der Waals surface area contributed by atoms with Crippen molar-refractivity contribution in [3.63, 3.8) is 0 Å². The number of primary amides is 1. The van der Waals surface area contributed by atoms with Crippen LogP contribution in [0.1, 0.15) is 68.3 Å². The SMILES string of the molecule is CC(C)CC(=O)Nc1sc2c(c1C(N)=O)CCC(C(C)(C)C)C2. The van der Waals surface area contributed by atoms with Crippen LogP contribution in [0, 0.1) is 17.3 Å². The lowest BCUT2D eigenvalue weighted by Crippen LogP contribution is -2.27. The van der Waals surface area contributed by atoms with Crippen LogP contribution >= 0.6 is 11.3 Å². The number of thiophene rings is 1. The highest BCUT2D eigenvalue weighted by atomic mass is 32.1. The van der Waals surface area contributed by atoms with Crippen LogP contribution in [0.5, 0.6) is 0 Å². The first-order valence-corrected chi connectivity index (χ1v) is 9.15. The third-order valence-corrected chi connectivity index (χ3v) is 5.75. The first-order chi connectivity index (χ1) is 10.6. The number of hydrogen-bond acceptors (Lipinski definition) is 3. The lowest BCUT2D eigenvalue weighted by atomic mass is 9.72. The Kier molecular flexibility index (Phi) is 5.19. The van der Waals surface area contributed by atoms with Gasteiger partial charge in [0, 0.05) is 11.3 Å². The van der Waals surface area contributed by atoms with Crippen LogP contribution in [-0.2, 0) is 17.6 Å². The van der Waals surface area contributed by atoms with Gasteiger partial charge in [-0.2, -0.15) is 0 Å². The van der Waals surface area contributed by atoms with Crippen molar-refractivity contribution in [2.75, 3.05) is 5.32 Å². The molecule has 0 fully saturated rings. The van der Waals surface area contributed by atoms with Crippen molar-refractivity contribution in [2.45, 2.75) is 60.3 Å². The van der Waals surface area contributed by atoms with Gasteiger partial charge in [-0.1, -0.05) is 34.6 Å². The zero-order chi connectivity index (χ0) is 17.4. The predicted octanol–water partition coefficient (Wildman–Crippen LogP) is 3.98. The van der Waals surface area contributed by atoms with E-state index in [1.54, 1.807) is 0 Å². The minimum absolute atomic E-state index is 0.0477. The quantitative estimate of drug-likeness (QED) is 0.873. The molecule has 1 unspecified atom stereocenters. The van der Waals surface area contributed by atoms with Gasteiger partial charge in [-0.25, -0.2) is 0 Å². The highest BCUT2D eigenvalue weighted by molar-refractivity contribution is 7.17. The van der Waals surface area contributed by atoms with Gasteiger partial charge in [-0.3, -0.25) is 9.59 Å². The first kappa shape index (κ1) is 18.0. The molecule has 1 heterocycles. The Morgan fingerprint density at radius 2 is 2.00 bits per heavy atom. The second-order valence-corrected chi connectivity index (χ2v) is 9.13. The average Bonchev–Trinajstić information content (AvgIpc) is 2.72. The van der Waals surface area contributed by atoms with Crippen LogP contribution in [0.4, 0.5) is 5.00 Å². The van der Waals surface area contributed by atoms with E-state index < -0.39 is 5.91 Å². The fourth-order valence-electron chi connectivity index (χ4n) is 3.22. The summed E-state index contributed by atoms with van der Waals surface area (Å²) < 4.78 is 0. The fourth-order valence-corrected chi connectivity index (χ4v) is 4.57. The topological polar surface area (TPSA) is 72.2 Å². The van der Waals surface area contributed by atoms with Crippen LogP contribution in [0.25, 0.3) is 0 Å². The van der Waals surface area contributed by atoms with Gasteiger partial charge in [-0.15, -0.1) is 11.3 Å². The molecule has 2 rings (SSSR count). The van der Waals surface area contributed by atoms with E-state index >= 15 is 0 Å². The number of carbonyl (C=O) groups is 2. The number of fused-ring (bicyclic) bond motifs is 1. The van der Waals surface area contributed by atoms with E-state index in [1.807, 2.05) is 13.8 Å². The molecule has 0 aliphatic heterocycles. The molecule has 1 aliphatic carbocycles. The van der Waals surface area contributed by atoms with E-state index in [4.69, 9.17) is 5.73 Å². The number of rotatable bonds is 4. The zero-order valence-electron chi connectivity index (χ0n) is 14.8. The molecule has 0 saturated carbocycles.